The van der Waals surface area contributed by atoms with E-state index in [2.05, 4.69) is 5.32 Å². The molecule has 110 valence electrons. The molecular formula is C15H21ClN2O2. The molecule has 0 spiro atoms. The monoisotopic (exact) mass is 296 g/mol. The molecule has 0 radical (unpaired) electrons. The number of nitrogens with one attached hydrogen (secondary N) is 1. The summed E-state index contributed by atoms with van der Waals surface area (Å²) in [7, 11) is 3.78. The number of halogens is 1. The van der Waals surface area contributed by atoms with Crippen molar-refractivity contribution in [1.82, 2.24) is 10.2 Å². The lowest BCUT2D eigenvalue weighted by Crippen LogP contribution is -2.42. The van der Waals surface area contributed by atoms with E-state index in [4.69, 9.17) is 11.6 Å². The maximum absolute atomic E-state index is 12.4. The number of phenolic OH excluding ortho intramolecular Hbond substituents is 1. The van der Waals surface area contributed by atoms with Crippen LogP contribution in [0.4, 0.5) is 0 Å². The summed E-state index contributed by atoms with van der Waals surface area (Å²) in [5.74, 6) is -0.203. The number of carbonyl (C=O) groups is 1. The van der Waals surface area contributed by atoms with Gasteiger partial charge in [0.05, 0.1) is 5.56 Å². The van der Waals surface area contributed by atoms with E-state index < -0.39 is 0 Å². The van der Waals surface area contributed by atoms with Crippen molar-refractivity contribution in [3.63, 3.8) is 0 Å². The number of benzene rings is 1. The van der Waals surface area contributed by atoms with Crippen LogP contribution in [0.25, 0.3) is 0 Å². The molecule has 1 amide bonds. The molecular weight excluding hydrogens is 276 g/mol. The van der Waals surface area contributed by atoms with Gasteiger partial charge in [0.25, 0.3) is 5.91 Å². The molecule has 1 aliphatic carbocycles. The highest BCUT2D eigenvalue weighted by molar-refractivity contribution is 6.30. The van der Waals surface area contributed by atoms with E-state index in [1.54, 1.807) is 24.1 Å². The zero-order chi connectivity index (χ0) is 14.7. The summed E-state index contributed by atoms with van der Waals surface area (Å²) in [6, 6.07) is 5.40. The maximum Gasteiger partial charge on any atom is 0.257 e. The van der Waals surface area contributed by atoms with Gasteiger partial charge in [0, 0.05) is 24.2 Å². The normalized spacial score (nSPS) is 22.6. The van der Waals surface area contributed by atoms with Gasteiger partial charge in [0.15, 0.2) is 0 Å². The molecule has 2 N–H and O–H groups in total. The molecule has 1 aromatic carbocycles. The van der Waals surface area contributed by atoms with Crippen LogP contribution in [0.15, 0.2) is 18.2 Å². The zero-order valence-electron chi connectivity index (χ0n) is 11.9. The van der Waals surface area contributed by atoms with Crippen molar-refractivity contribution in [2.75, 3.05) is 14.1 Å². The van der Waals surface area contributed by atoms with Gasteiger partial charge in [-0.1, -0.05) is 11.6 Å². The van der Waals surface area contributed by atoms with Crippen molar-refractivity contribution in [2.24, 2.45) is 0 Å². The van der Waals surface area contributed by atoms with Crippen molar-refractivity contribution in [3.05, 3.63) is 28.8 Å². The molecule has 0 atom stereocenters. The van der Waals surface area contributed by atoms with Crippen molar-refractivity contribution in [3.8, 4) is 5.75 Å². The molecule has 1 saturated carbocycles. The molecule has 0 heterocycles. The molecule has 1 fully saturated rings. The van der Waals surface area contributed by atoms with E-state index >= 15 is 0 Å². The summed E-state index contributed by atoms with van der Waals surface area (Å²) in [5.41, 5.74) is 0.313. The maximum atomic E-state index is 12.4. The number of hydrogen-bond donors (Lipinski definition) is 2. The highest BCUT2D eigenvalue weighted by Gasteiger charge is 2.27. The molecule has 0 unspecified atom stereocenters. The second-order valence-corrected chi connectivity index (χ2v) is 5.81. The molecule has 5 heteroatoms. The van der Waals surface area contributed by atoms with Gasteiger partial charge in [-0.2, -0.15) is 0 Å². The van der Waals surface area contributed by atoms with Crippen LogP contribution in [0.1, 0.15) is 36.0 Å². The Hall–Kier alpha value is -1.26. The average molecular weight is 297 g/mol. The Morgan fingerprint density at radius 3 is 2.55 bits per heavy atom. The fourth-order valence-electron chi connectivity index (χ4n) is 2.79. The third-order valence-corrected chi connectivity index (χ3v) is 4.40. The van der Waals surface area contributed by atoms with Crippen LogP contribution >= 0.6 is 11.6 Å². The number of hydrogen-bond acceptors (Lipinski definition) is 3. The quantitative estimate of drug-likeness (QED) is 0.901. The van der Waals surface area contributed by atoms with E-state index in [0.717, 1.165) is 25.7 Å². The lowest BCUT2D eigenvalue weighted by atomic mass is 9.90. The van der Waals surface area contributed by atoms with Crippen LogP contribution in [0.3, 0.4) is 0 Å². The number of amides is 1. The average Bonchev–Trinajstić information content (AvgIpc) is 2.46. The van der Waals surface area contributed by atoms with Crippen LogP contribution in [0, 0.1) is 0 Å². The Kier molecular flexibility index (Phi) is 4.89. The van der Waals surface area contributed by atoms with Gasteiger partial charge in [-0.15, -0.1) is 0 Å². The van der Waals surface area contributed by atoms with E-state index in [9.17, 15) is 9.90 Å². The largest absolute Gasteiger partial charge is 0.507 e. The Morgan fingerprint density at radius 1 is 1.35 bits per heavy atom. The molecule has 2 rings (SSSR count). The van der Waals surface area contributed by atoms with Crippen molar-refractivity contribution >= 4 is 17.5 Å². The summed E-state index contributed by atoms with van der Waals surface area (Å²) in [6.07, 6.45) is 4.13. The van der Waals surface area contributed by atoms with Gasteiger partial charge >= 0.3 is 0 Å². The fourth-order valence-corrected chi connectivity index (χ4v) is 2.96. The first-order valence-electron chi connectivity index (χ1n) is 6.96. The van der Waals surface area contributed by atoms with Gasteiger partial charge in [-0.25, -0.2) is 0 Å². The first-order valence-corrected chi connectivity index (χ1v) is 7.33. The minimum Gasteiger partial charge on any atom is -0.507 e. The van der Waals surface area contributed by atoms with E-state index in [1.807, 2.05) is 7.05 Å². The first-order chi connectivity index (χ1) is 9.52. The Morgan fingerprint density at radius 2 is 2.00 bits per heavy atom. The van der Waals surface area contributed by atoms with Crippen LogP contribution in [0.5, 0.6) is 5.75 Å². The predicted molar refractivity (Wildman–Crippen MR) is 80.3 cm³/mol. The molecule has 4 nitrogen and oxygen atoms in total. The SMILES string of the molecule is CNC1CCC(N(C)C(=O)c2ccc(Cl)cc2O)CC1. The molecule has 0 saturated heterocycles. The second-order valence-electron chi connectivity index (χ2n) is 5.37. The minimum atomic E-state index is -0.146. The lowest BCUT2D eigenvalue weighted by molar-refractivity contribution is 0.0682. The molecule has 0 aliphatic heterocycles. The van der Waals surface area contributed by atoms with E-state index in [-0.39, 0.29) is 17.7 Å². The zero-order valence-corrected chi connectivity index (χ0v) is 12.7. The molecule has 1 aromatic rings. The third kappa shape index (κ3) is 3.25. The van der Waals surface area contributed by atoms with Crippen LogP contribution in [0.2, 0.25) is 5.02 Å². The molecule has 0 bridgehead atoms. The number of aromatic hydroxyl groups is 1. The highest BCUT2D eigenvalue weighted by Crippen LogP contribution is 2.27. The smallest absolute Gasteiger partial charge is 0.257 e. The third-order valence-electron chi connectivity index (χ3n) is 4.16. The Balaban J connectivity index is 2.05. The number of rotatable bonds is 3. The molecule has 20 heavy (non-hydrogen) atoms. The second kappa shape index (κ2) is 6.46. The standard InChI is InChI=1S/C15H21ClN2O2/c1-17-11-4-6-12(7-5-11)18(2)15(20)13-8-3-10(16)9-14(13)19/h3,8-9,11-12,17,19H,4-7H2,1-2H3. The summed E-state index contributed by atoms with van der Waals surface area (Å²) in [4.78, 5) is 14.2. The van der Waals surface area contributed by atoms with Crippen LogP contribution in [-0.2, 0) is 0 Å². The molecule has 1 aliphatic rings. The number of phenols is 1. The predicted octanol–water partition coefficient (Wildman–Crippen LogP) is 2.65. The minimum absolute atomic E-state index is 0.0572. The molecule has 0 aromatic heterocycles. The topological polar surface area (TPSA) is 52.6 Å². The first kappa shape index (κ1) is 15.1. The van der Waals surface area contributed by atoms with Gasteiger partial charge in [0.1, 0.15) is 5.75 Å². The Bertz CT molecular complexity index is 485. The Labute approximate surface area is 124 Å². The van der Waals surface area contributed by atoms with Crippen LogP contribution in [-0.4, -0.2) is 42.1 Å². The van der Waals surface area contributed by atoms with Crippen molar-refractivity contribution in [1.29, 1.82) is 0 Å². The number of nitrogens with zero attached hydrogens (tertiary/aromatic N) is 1. The lowest BCUT2D eigenvalue weighted by Gasteiger charge is -2.34. The van der Waals surface area contributed by atoms with Gasteiger partial charge < -0.3 is 15.3 Å². The van der Waals surface area contributed by atoms with Gasteiger partial charge in [-0.3, -0.25) is 4.79 Å². The van der Waals surface area contributed by atoms with Crippen LogP contribution < -0.4 is 5.32 Å². The van der Waals surface area contributed by atoms with E-state index in [0.29, 0.717) is 16.6 Å². The van der Waals surface area contributed by atoms with Crippen molar-refractivity contribution in [2.45, 2.75) is 37.8 Å². The van der Waals surface area contributed by atoms with Crippen molar-refractivity contribution < 1.29 is 9.90 Å². The highest BCUT2D eigenvalue weighted by atomic mass is 35.5. The fraction of sp³-hybridized carbons (Fsp3) is 0.533. The summed E-state index contributed by atoms with van der Waals surface area (Å²) >= 11 is 5.79. The summed E-state index contributed by atoms with van der Waals surface area (Å²) in [5, 5.41) is 13.6. The van der Waals surface area contributed by atoms with Gasteiger partial charge in [-0.05, 0) is 50.9 Å². The summed E-state index contributed by atoms with van der Waals surface area (Å²) in [6.45, 7) is 0. The summed E-state index contributed by atoms with van der Waals surface area (Å²) < 4.78 is 0. The van der Waals surface area contributed by atoms with E-state index in [1.165, 1.54) is 6.07 Å². The van der Waals surface area contributed by atoms with Gasteiger partial charge in [0.2, 0.25) is 0 Å². The number of carbonyl (C=O) groups excluding carboxylic acids is 1.